The van der Waals surface area contributed by atoms with E-state index in [1.165, 1.54) is 25.2 Å². The lowest BCUT2D eigenvalue weighted by atomic mass is 10.3. The van der Waals surface area contributed by atoms with E-state index in [1.54, 1.807) is 6.92 Å². The number of anilines is 2. The summed E-state index contributed by atoms with van der Waals surface area (Å²) in [5.41, 5.74) is 1.80. The molecule has 0 aliphatic carbocycles. The van der Waals surface area contributed by atoms with Crippen molar-refractivity contribution in [1.82, 2.24) is 15.7 Å². The highest BCUT2D eigenvalue weighted by molar-refractivity contribution is 6.36. The average Bonchev–Trinajstić information content (AvgIpc) is 2.69. The average molecular weight is 527 g/mol. The number of nitrogens with zero attached hydrogens (tertiary/aromatic N) is 2. The van der Waals surface area contributed by atoms with E-state index in [4.69, 9.17) is 39.5 Å². The maximum atomic E-state index is 12.8. The summed E-state index contributed by atoms with van der Waals surface area (Å²) in [4.78, 5) is 28.0. The lowest BCUT2D eigenvalue weighted by Crippen LogP contribution is -2.43. The van der Waals surface area contributed by atoms with E-state index in [0.717, 1.165) is 11.1 Å². The largest absolute Gasteiger partial charge is 0.463 e. The van der Waals surface area contributed by atoms with Crippen LogP contribution in [0.15, 0.2) is 42.4 Å². The Balaban J connectivity index is 2.21. The summed E-state index contributed by atoms with van der Waals surface area (Å²) in [6, 6.07) is 4.27. The van der Waals surface area contributed by atoms with Crippen LogP contribution in [-0.4, -0.2) is 30.6 Å². The summed E-state index contributed by atoms with van der Waals surface area (Å²) in [6.07, 6.45) is -3.11. The molecule has 1 aromatic heterocycles. The van der Waals surface area contributed by atoms with Crippen molar-refractivity contribution in [2.75, 3.05) is 24.0 Å². The zero-order valence-corrected chi connectivity index (χ0v) is 19.3. The monoisotopic (exact) mass is 525 g/mol. The van der Waals surface area contributed by atoms with Crippen molar-refractivity contribution < 1.29 is 27.5 Å². The van der Waals surface area contributed by atoms with Crippen LogP contribution in [0.2, 0.25) is 15.1 Å². The van der Waals surface area contributed by atoms with Crippen molar-refractivity contribution in [3.63, 3.8) is 0 Å². The van der Waals surface area contributed by atoms with E-state index in [0.29, 0.717) is 17.3 Å². The highest BCUT2D eigenvalue weighted by Crippen LogP contribution is 2.33. The molecule has 2 rings (SSSR count). The predicted octanol–water partition coefficient (Wildman–Crippen LogP) is 5.23. The molecule has 1 heterocycles. The molecule has 2 amide bonds. The molecule has 14 heteroatoms. The van der Waals surface area contributed by atoms with E-state index in [1.807, 2.05) is 0 Å². The molecule has 0 bridgehead atoms. The molecule has 0 spiro atoms. The molecule has 0 saturated carbocycles. The lowest BCUT2D eigenvalue weighted by Gasteiger charge is -2.24. The number of benzene rings is 1. The van der Waals surface area contributed by atoms with E-state index < -0.39 is 23.7 Å². The number of pyridine rings is 1. The van der Waals surface area contributed by atoms with Crippen molar-refractivity contribution in [1.29, 1.82) is 0 Å². The summed E-state index contributed by atoms with van der Waals surface area (Å²) < 4.78 is 43.3. The summed E-state index contributed by atoms with van der Waals surface area (Å²) in [6.45, 7) is 1.65. The highest BCUT2D eigenvalue weighted by Gasteiger charge is 2.32. The lowest BCUT2D eigenvalue weighted by molar-refractivity contribution is -0.138. The first kappa shape index (κ1) is 26.4. The second-order valence-electron chi connectivity index (χ2n) is 6.21. The van der Waals surface area contributed by atoms with Crippen LogP contribution >= 0.6 is 34.8 Å². The molecular formula is C19H17Cl3F3N5O3. The molecule has 0 atom stereocenters. The zero-order valence-electron chi connectivity index (χ0n) is 17.1. The number of nitrogens with one attached hydrogen (secondary N) is 3. The van der Waals surface area contributed by atoms with Gasteiger partial charge in [0.15, 0.2) is 5.82 Å². The van der Waals surface area contributed by atoms with Gasteiger partial charge in [-0.15, -0.1) is 0 Å². The number of urea groups is 1. The smallest absolute Gasteiger partial charge is 0.417 e. The zero-order chi connectivity index (χ0) is 24.8. The summed E-state index contributed by atoms with van der Waals surface area (Å²) in [7, 11) is 1.36. The van der Waals surface area contributed by atoms with Gasteiger partial charge < -0.3 is 10.1 Å². The number of hydrogen-bond acceptors (Lipinski definition) is 6. The van der Waals surface area contributed by atoms with E-state index in [2.05, 4.69) is 21.0 Å². The van der Waals surface area contributed by atoms with Crippen LogP contribution in [0.25, 0.3) is 0 Å². The summed E-state index contributed by atoms with van der Waals surface area (Å²) >= 11 is 17.8. The van der Waals surface area contributed by atoms with Crippen molar-refractivity contribution >= 4 is 58.3 Å². The van der Waals surface area contributed by atoms with Crippen molar-refractivity contribution in [2.24, 2.45) is 0 Å². The number of rotatable bonds is 7. The molecule has 0 fully saturated rings. The number of esters is 1. The number of ether oxygens (including phenoxy) is 1. The van der Waals surface area contributed by atoms with Gasteiger partial charge in [-0.3, -0.25) is 15.8 Å². The molecule has 0 radical (unpaired) electrons. The van der Waals surface area contributed by atoms with Gasteiger partial charge in [-0.25, -0.2) is 14.6 Å². The third-order valence-electron chi connectivity index (χ3n) is 3.73. The van der Waals surface area contributed by atoms with Gasteiger partial charge in [-0.1, -0.05) is 34.8 Å². The van der Waals surface area contributed by atoms with E-state index in [9.17, 15) is 22.8 Å². The Morgan fingerprint density at radius 2 is 1.88 bits per heavy atom. The fourth-order valence-electron chi connectivity index (χ4n) is 2.33. The topological polar surface area (TPSA) is 95.6 Å². The first-order chi connectivity index (χ1) is 15.4. The van der Waals surface area contributed by atoms with E-state index in [-0.39, 0.29) is 34.0 Å². The van der Waals surface area contributed by atoms with Gasteiger partial charge in [-0.05, 0) is 31.2 Å². The second kappa shape index (κ2) is 11.3. The van der Waals surface area contributed by atoms with Crippen LogP contribution < -0.4 is 21.1 Å². The quantitative estimate of drug-likeness (QED) is 0.260. The Morgan fingerprint density at radius 3 is 2.45 bits per heavy atom. The van der Waals surface area contributed by atoms with Crippen LogP contribution in [0.4, 0.5) is 29.5 Å². The first-order valence-corrected chi connectivity index (χ1v) is 10.2. The molecule has 0 saturated heterocycles. The van der Waals surface area contributed by atoms with Gasteiger partial charge >= 0.3 is 18.2 Å². The Morgan fingerprint density at radius 1 is 1.18 bits per heavy atom. The molecule has 0 unspecified atom stereocenters. The normalized spacial score (nSPS) is 11.6. The molecule has 1 aromatic carbocycles. The third kappa shape index (κ3) is 7.88. The van der Waals surface area contributed by atoms with Crippen LogP contribution in [-0.2, 0) is 15.7 Å². The molecule has 0 aliphatic heterocycles. The Kier molecular flexibility index (Phi) is 9.03. The number of aromatic nitrogens is 1. The van der Waals surface area contributed by atoms with Crippen molar-refractivity contribution in [3.8, 4) is 0 Å². The van der Waals surface area contributed by atoms with Gasteiger partial charge in [0.1, 0.15) is 5.82 Å². The van der Waals surface area contributed by atoms with Crippen molar-refractivity contribution in [3.05, 3.63) is 63.0 Å². The fourth-order valence-corrected chi connectivity index (χ4v) is 3.08. The molecule has 178 valence electrons. The van der Waals surface area contributed by atoms with Crippen molar-refractivity contribution in [2.45, 2.75) is 13.1 Å². The van der Waals surface area contributed by atoms with Gasteiger partial charge in [0.2, 0.25) is 0 Å². The minimum absolute atomic E-state index is 0.0668. The fraction of sp³-hybridized carbons (Fsp3) is 0.211. The first-order valence-electron chi connectivity index (χ1n) is 9.05. The third-order valence-corrected chi connectivity index (χ3v) is 4.56. The van der Waals surface area contributed by atoms with Crippen LogP contribution in [0.3, 0.4) is 0 Å². The van der Waals surface area contributed by atoms with Gasteiger partial charge in [0.25, 0.3) is 0 Å². The number of carbonyl (C=O) groups is 2. The highest BCUT2D eigenvalue weighted by atomic mass is 35.5. The predicted molar refractivity (Wildman–Crippen MR) is 119 cm³/mol. The molecule has 33 heavy (non-hydrogen) atoms. The van der Waals surface area contributed by atoms with Gasteiger partial charge in [0, 0.05) is 18.3 Å². The summed E-state index contributed by atoms with van der Waals surface area (Å²) in [5.74, 6) is -1.11. The number of halogens is 6. The molecule has 3 N–H and O–H groups in total. The second-order valence-corrected chi connectivity index (χ2v) is 7.46. The van der Waals surface area contributed by atoms with Crippen LogP contribution in [0, 0.1) is 0 Å². The minimum Gasteiger partial charge on any atom is -0.463 e. The van der Waals surface area contributed by atoms with Gasteiger partial charge in [0.05, 0.1) is 34.0 Å². The standard InChI is InChI=1S/C19H17Cl3F3N5O3/c1-3-33-16(31)8-15(28-18(32)27-14-5-4-11(20)7-12(14)21)29-30(2)17-13(22)6-10(9-26-17)19(23,24)25/h4-9,29H,3H2,1-2H3,(H2,27,28,32)/b15-8+. The molecule has 0 aliphatic rings. The maximum absolute atomic E-state index is 12.8. The minimum atomic E-state index is -4.63. The summed E-state index contributed by atoms with van der Waals surface area (Å²) in [5, 5.41) is 6.13. The maximum Gasteiger partial charge on any atom is 0.417 e. The number of hydrazine groups is 1. The Hall–Kier alpha value is -2.89. The Labute approximate surface area is 201 Å². The number of amides is 2. The molecule has 2 aromatic rings. The van der Waals surface area contributed by atoms with Crippen LogP contribution in [0.5, 0.6) is 0 Å². The van der Waals surface area contributed by atoms with Gasteiger partial charge in [-0.2, -0.15) is 13.2 Å². The van der Waals surface area contributed by atoms with Crippen LogP contribution in [0.1, 0.15) is 12.5 Å². The SMILES string of the molecule is CCOC(=O)/C=C(\NC(=O)Nc1ccc(Cl)cc1Cl)NN(C)c1ncc(C(F)(F)F)cc1Cl. The number of alkyl halides is 3. The number of hydrogen-bond donors (Lipinski definition) is 3. The Bertz CT molecular complexity index is 1070. The molecule has 8 nitrogen and oxygen atoms in total. The number of carbonyl (C=O) groups excluding carboxylic acids is 2. The van der Waals surface area contributed by atoms with E-state index >= 15 is 0 Å². The molecular weight excluding hydrogens is 510 g/mol.